The average Bonchev–Trinajstić information content (AvgIpc) is 3.09. The zero-order chi connectivity index (χ0) is 14.8. The Bertz CT molecular complexity index is 550. The number of carboxylic acids is 1. The number of hydrogen-bond donors (Lipinski definition) is 3. The van der Waals surface area contributed by atoms with Gasteiger partial charge in [-0.3, -0.25) is 14.4 Å². The second-order valence-electron chi connectivity index (χ2n) is 4.65. The van der Waals surface area contributed by atoms with Gasteiger partial charge >= 0.3 is 5.97 Å². The molecular weight excluding hydrogens is 332 g/mol. The second kappa shape index (κ2) is 5.66. The van der Waals surface area contributed by atoms with Gasteiger partial charge in [0.15, 0.2) is 10.4 Å². The van der Waals surface area contributed by atoms with Crippen LogP contribution in [0.1, 0.15) is 23.4 Å². The molecular formula is C12H13BrN2O5. The summed E-state index contributed by atoms with van der Waals surface area (Å²) in [5.74, 6) is -1.75. The van der Waals surface area contributed by atoms with Gasteiger partial charge in [-0.15, -0.1) is 0 Å². The highest BCUT2D eigenvalue weighted by atomic mass is 79.9. The van der Waals surface area contributed by atoms with E-state index in [1.165, 1.54) is 6.07 Å². The number of carbonyl (C=O) groups excluding carboxylic acids is 2. The maximum Gasteiger partial charge on any atom is 0.311 e. The molecule has 2 amide bonds. The van der Waals surface area contributed by atoms with Crippen molar-refractivity contribution in [3.8, 4) is 0 Å². The Hall–Kier alpha value is -1.83. The maximum absolute atomic E-state index is 11.6. The van der Waals surface area contributed by atoms with Crippen molar-refractivity contribution < 1.29 is 23.9 Å². The lowest BCUT2D eigenvalue weighted by Crippen LogP contribution is -2.40. The zero-order valence-corrected chi connectivity index (χ0v) is 12.0. The van der Waals surface area contributed by atoms with Gasteiger partial charge in [0.05, 0.1) is 12.0 Å². The molecule has 1 aromatic rings. The number of amides is 2. The molecule has 0 radical (unpaired) electrons. The molecule has 20 heavy (non-hydrogen) atoms. The van der Waals surface area contributed by atoms with Crippen LogP contribution in [0.5, 0.6) is 0 Å². The minimum atomic E-state index is -0.901. The molecule has 8 heteroatoms. The summed E-state index contributed by atoms with van der Waals surface area (Å²) >= 11 is 3.07. The summed E-state index contributed by atoms with van der Waals surface area (Å²) in [5.41, 5.74) is -0.814. The predicted octanol–water partition coefficient (Wildman–Crippen LogP) is 0.753. The van der Waals surface area contributed by atoms with E-state index in [2.05, 4.69) is 26.6 Å². The molecule has 3 N–H and O–H groups in total. The second-order valence-corrected chi connectivity index (χ2v) is 5.43. The number of halogens is 1. The summed E-state index contributed by atoms with van der Waals surface area (Å²) in [4.78, 5) is 34.0. The van der Waals surface area contributed by atoms with E-state index in [1.54, 1.807) is 6.07 Å². The quantitative estimate of drug-likeness (QED) is 0.705. The molecule has 1 aliphatic carbocycles. The molecule has 0 unspecified atom stereocenters. The van der Waals surface area contributed by atoms with Crippen molar-refractivity contribution >= 4 is 33.7 Å². The molecule has 1 aromatic heterocycles. The molecule has 2 rings (SSSR count). The van der Waals surface area contributed by atoms with Gasteiger partial charge in [-0.25, -0.2) is 0 Å². The fourth-order valence-corrected chi connectivity index (χ4v) is 1.94. The van der Waals surface area contributed by atoms with Crippen molar-refractivity contribution in [2.75, 3.05) is 13.1 Å². The lowest BCUT2D eigenvalue weighted by atomic mass is 10.1. The Morgan fingerprint density at radius 1 is 1.30 bits per heavy atom. The largest absolute Gasteiger partial charge is 0.481 e. The first kappa shape index (κ1) is 14.6. The lowest BCUT2D eigenvalue weighted by Gasteiger charge is -2.11. The summed E-state index contributed by atoms with van der Waals surface area (Å²) in [6.45, 7) is -0.143. The van der Waals surface area contributed by atoms with Crippen LogP contribution < -0.4 is 10.6 Å². The van der Waals surface area contributed by atoms with E-state index in [-0.39, 0.29) is 18.8 Å². The number of carbonyl (C=O) groups is 3. The first-order valence-electron chi connectivity index (χ1n) is 5.97. The highest BCUT2D eigenvalue weighted by Crippen LogP contribution is 2.45. The minimum Gasteiger partial charge on any atom is -0.481 e. The molecule has 0 saturated heterocycles. The van der Waals surface area contributed by atoms with E-state index in [1.807, 2.05) is 0 Å². The van der Waals surface area contributed by atoms with Crippen molar-refractivity contribution in [1.29, 1.82) is 0 Å². The van der Waals surface area contributed by atoms with E-state index in [9.17, 15) is 14.4 Å². The minimum absolute atomic E-state index is 0.0866. The van der Waals surface area contributed by atoms with Crippen LogP contribution in [0.4, 0.5) is 0 Å². The van der Waals surface area contributed by atoms with E-state index >= 15 is 0 Å². The third-order valence-corrected chi connectivity index (χ3v) is 3.56. The standard InChI is InChI=1S/C12H13BrN2O5/c13-8-2-1-7(20-8)10(17)14-5-9(16)15-6-12(3-4-12)11(18)19/h1-2H,3-6H2,(H,14,17)(H,15,16)(H,18,19). The van der Waals surface area contributed by atoms with E-state index < -0.39 is 23.2 Å². The van der Waals surface area contributed by atoms with Crippen molar-refractivity contribution in [3.63, 3.8) is 0 Å². The molecule has 0 atom stereocenters. The van der Waals surface area contributed by atoms with E-state index in [0.29, 0.717) is 17.5 Å². The molecule has 1 heterocycles. The third-order valence-electron chi connectivity index (χ3n) is 3.14. The molecule has 0 bridgehead atoms. The maximum atomic E-state index is 11.6. The number of aliphatic carboxylic acids is 1. The van der Waals surface area contributed by atoms with Crippen molar-refractivity contribution in [1.82, 2.24) is 10.6 Å². The summed E-state index contributed by atoms with van der Waals surface area (Å²) in [6.07, 6.45) is 1.13. The van der Waals surface area contributed by atoms with Crippen molar-refractivity contribution in [2.45, 2.75) is 12.8 Å². The van der Waals surface area contributed by atoms with Gasteiger partial charge in [0.25, 0.3) is 5.91 Å². The Morgan fingerprint density at radius 3 is 2.50 bits per heavy atom. The van der Waals surface area contributed by atoms with Gasteiger partial charge in [-0.1, -0.05) is 0 Å². The molecule has 0 aliphatic heterocycles. The monoisotopic (exact) mass is 344 g/mol. The van der Waals surface area contributed by atoms with Crippen LogP contribution in [0.25, 0.3) is 0 Å². The Balaban J connectivity index is 1.73. The summed E-state index contributed by atoms with van der Waals surface area (Å²) < 4.78 is 5.45. The number of rotatable bonds is 6. The van der Waals surface area contributed by atoms with Crippen LogP contribution in [0.2, 0.25) is 0 Å². The van der Waals surface area contributed by atoms with Gasteiger partial charge in [-0.05, 0) is 40.9 Å². The smallest absolute Gasteiger partial charge is 0.311 e. The molecule has 0 spiro atoms. The molecule has 108 valence electrons. The topological polar surface area (TPSA) is 109 Å². The normalized spacial score (nSPS) is 15.4. The number of carboxylic acid groups (broad SMARTS) is 1. The van der Waals surface area contributed by atoms with Gasteiger partial charge < -0.3 is 20.2 Å². The lowest BCUT2D eigenvalue weighted by molar-refractivity contribution is -0.143. The van der Waals surface area contributed by atoms with Gasteiger partial charge in [-0.2, -0.15) is 0 Å². The molecule has 1 saturated carbocycles. The Morgan fingerprint density at radius 2 is 2.00 bits per heavy atom. The number of hydrogen-bond acceptors (Lipinski definition) is 4. The van der Waals surface area contributed by atoms with Crippen LogP contribution in [0, 0.1) is 5.41 Å². The zero-order valence-electron chi connectivity index (χ0n) is 10.4. The average molecular weight is 345 g/mol. The fourth-order valence-electron chi connectivity index (χ4n) is 1.63. The van der Waals surface area contributed by atoms with Crippen molar-refractivity contribution in [2.24, 2.45) is 5.41 Å². The van der Waals surface area contributed by atoms with Crippen LogP contribution >= 0.6 is 15.9 Å². The van der Waals surface area contributed by atoms with Crippen LogP contribution in [0.3, 0.4) is 0 Å². The SMILES string of the molecule is O=C(CNC(=O)c1ccc(Br)o1)NCC1(C(=O)O)CC1. The predicted molar refractivity (Wildman–Crippen MR) is 71.1 cm³/mol. The molecule has 0 aromatic carbocycles. The molecule has 7 nitrogen and oxygen atoms in total. The van der Waals surface area contributed by atoms with Crippen LogP contribution in [-0.2, 0) is 9.59 Å². The van der Waals surface area contributed by atoms with Gasteiger partial charge in [0.1, 0.15) is 0 Å². The number of nitrogens with one attached hydrogen (secondary N) is 2. The molecule has 1 aliphatic rings. The summed E-state index contributed by atoms with van der Waals surface area (Å²) in [5, 5.41) is 13.8. The highest BCUT2D eigenvalue weighted by Gasteiger charge is 2.50. The first-order valence-corrected chi connectivity index (χ1v) is 6.76. The van der Waals surface area contributed by atoms with Gasteiger partial charge in [0, 0.05) is 6.54 Å². The number of furan rings is 1. The van der Waals surface area contributed by atoms with Crippen molar-refractivity contribution in [3.05, 3.63) is 22.6 Å². The van der Waals surface area contributed by atoms with E-state index in [0.717, 1.165) is 0 Å². The Labute approximate surface area is 122 Å². The van der Waals surface area contributed by atoms with Crippen LogP contribution in [0.15, 0.2) is 21.2 Å². The highest BCUT2D eigenvalue weighted by molar-refractivity contribution is 9.10. The summed E-state index contributed by atoms with van der Waals surface area (Å²) in [7, 11) is 0. The van der Waals surface area contributed by atoms with Crippen LogP contribution in [-0.4, -0.2) is 36.0 Å². The first-order chi connectivity index (χ1) is 9.43. The molecule has 1 fully saturated rings. The fraction of sp³-hybridized carbons (Fsp3) is 0.417. The summed E-state index contributed by atoms with van der Waals surface area (Å²) in [6, 6.07) is 3.04. The van der Waals surface area contributed by atoms with E-state index in [4.69, 9.17) is 9.52 Å². The van der Waals surface area contributed by atoms with Gasteiger partial charge in [0.2, 0.25) is 5.91 Å². The third kappa shape index (κ3) is 3.38. The Kier molecular flexibility index (Phi) is 4.12.